The van der Waals surface area contributed by atoms with E-state index in [0.717, 1.165) is 0 Å². The Morgan fingerprint density at radius 3 is 2.93 bits per heavy atom. The Labute approximate surface area is 88.5 Å². The van der Waals surface area contributed by atoms with Crippen molar-refractivity contribution in [2.24, 2.45) is 0 Å². The van der Waals surface area contributed by atoms with Crippen molar-refractivity contribution in [3.8, 4) is 5.75 Å². The van der Waals surface area contributed by atoms with Gasteiger partial charge < -0.3 is 9.47 Å². The van der Waals surface area contributed by atoms with Crippen molar-refractivity contribution in [1.82, 2.24) is 0 Å². The fourth-order valence-electron chi connectivity index (χ4n) is 1.03. The average Bonchev–Trinajstić information content (AvgIpc) is 2.27. The molecule has 0 saturated carbocycles. The molecule has 0 saturated heterocycles. The molecular formula is C11H13NO3. The van der Waals surface area contributed by atoms with Crippen LogP contribution in [0.1, 0.15) is 0 Å². The lowest BCUT2D eigenvalue weighted by atomic mass is 10.3. The maximum absolute atomic E-state index is 11.2. The molecule has 1 amide bonds. The molecule has 4 heteroatoms. The van der Waals surface area contributed by atoms with E-state index in [1.807, 2.05) is 6.07 Å². The minimum absolute atomic E-state index is 0.182. The van der Waals surface area contributed by atoms with E-state index in [1.165, 1.54) is 13.2 Å². The summed E-state index contributed by atoms with van der Waals surface area (Å²) in [7, 11) is 1.54. The van der Waals surface area contributed by atoms with E-state index < -0.39 is 6.09 Å². The molecule has 0 heterocycles. The Bertz CT molecular complexity index is 349. The van der Waals surface area contributed by atoms with E-state index in [9.17, 15) is 4.79 Å². The van der Waals surface area contributed by atoms with Gasteiger partial charge in [-0.25, -0.2) is 4.79 Å². The van der Waals surface area contributed by atoms with Gasteiger partial charge in [-0.3, -0.25) is 5.32 Å². The molecule has 0 unspecified atom stereocenters. The third kappa shape index (κ3) is 3.34. The number of hydrogen-bond donors (Lipinski definition) is 1. The number of methoxy groups -OCH3 is 1. The molecule has 1 aromatic rings. The van der Waals surface area contributed by atoms with Crippen molar-refractivity contribution in [2.45, 2.75) is 0 Å². The molecule has 0 aromatic heterocycles. The molecule has 15 heavy (non-hydrogen) atoms. The maximum atomic E-state index is 11.2. The van der Waals surface area contributed by atoms with Gasteiger partial charge in [0.1, 0.15) is 12.4 Å². The van der Waals surface area contributed by atoms with Gasteiger partial charge in [0.25, 0.3) is 0 Å². The second kappa shape index (κ2) is 5.70. The number of anilines is 1. The predicted octanol–water partition coefficient (Wildman–Crippen LogP) is 2.43. The average molecular weight is 207 g/mol. The largest absolute Gasteiger partial charge is 0.495 e. The van der Waals surface area contributed by atoms with E-state index in [2.05, 4.69) is 11.9 Å². The van der Waals surface area contributed by atoms with Gasteiger partial charge in [0.15, 0.2) is 0 Å². The molecule has 0 fully saturated rings. The summed E-state index contributed by atoms with van der Waals surface area (Å²) in [6.07, 6.45) is 0.973. The monoisotopic (exact) mass is 207 g/mol. The lowest BCUT2D eigenvalue weighted by Crippen LogP contribution is -2.14. The highest BCUT2D eigenvalue weighted by Crippen LogP contribution is 2.22. The number of carbonyl (C=O) groups is 1. The topological polar surface area (TPSA) is 47.6 Å². The summed E-state index contributed by atoms with van der Waals surface area (Å²) in [5.74, 6) is 0.591. The smallest absolute Gasteiger partial charge is 0.412 e. The molecule has 0 aliphatic carbocycles. The fraction of sp³-hybridized carbons (Fsp3) is 0.182. The summed E-state index contributed by atoms with van der Waals surface area (Å²) < 4.78 is 9.83. The second-order valence-electron chi connectivity index (χ2n) is 2.71. The molecule has 4 nitrogen and oxygen atoms in total. The van der Waals surface area contributed by atoms with E-state index in [-0.39, 0.29) is 6.61 Å². The first-order valence-electron chi connectivity index (χ1n) is 4.45. The highest BCUT2D eigenvalue weighted by molar-refractivity contribution is 5.86. The first kappa shape index (κ1) is 11.1. The number of amides is 1. The van der Waals surface area contributed by atoms with Crippen molar-refractivity contribution in [3.63, 3.8) is 0 Å². The molecule has 0 aliphatic heterocycles. The third-order valence-electron chi connectivity index (χ3n) is 1.68. The molecule has 1 aromatic carbocycles. The quantitative estimate of drug-likeness (QED) is 0.771. The third-order valence-corrected chi connectivity index (χ3v) is 1.68. The molecule has 0 radical (unpaired) electrons. The normalized spacial score (nSPS) is 9.13. The van der Waals surface area contributed by atoms with Gasteiger partial charge in [-0.1, -0.05) is 24.8 Å². The lowest BCUT2D eigenvalue weighted by Gasteiger charge is -2.09. The van der Waals surface area contributed by atoms with Crippen LogP contribution in [-0.4, -0.2) is 19.8 Å². The number of benzene rings is 1. The molecule has 0 bridgehead atoms. The molecule has 1 rings (SSSR count). The molecule has 0 aliphatic rings. The van der Waals surface area contributed by atoms with E-state index >= 15 is 0 Å². The summed E-state index contributed by atoms with van der Waals surface area (Å²) in [5, 5.41) is 2.56. The zero-order valence-electron chi connectivity index (χ0n) is 8.53. The van der Waals surface area contributed by atoms with Crippen LogP contribution in [0.15, 0.2) is 36.9 Å². The Morgan fingerprint density at radius 1 is 1.53 bits per heavy atom. The summed E-state index contributed by atoms with van der Waals surface area (Å²) in [6, 6.07) is 7.10. The van der Waals surface area contributed by atoms with Crippen LogP contribution < -0.4 is 10.1 Å². The molecule has 0 atom stereocenters. The van der Waals surface area contributed by atoms with Crippen LogP contribution in [0.25, 0.3) is 0 Å². The first-order chi connectivity index (χ1) is 7.27. The van der Waals surface area contributed by atoms with E-state index in [4.69, 9.17) is 9.47 Å². The number of nitrogens with one attached hydrogen (secondary N) is 1. The van der Waals surface area contributed by atoms with Crippen LogP contribution in [0.3, 0.4) is 0 Å². The van der Waals surface area contributed by atoms with Crippen LogP contribution >= 0.6 is 0 Å². The number of ether oxygens (including phenoxy) is 2. The zero-order valence-corrected chi connectivity index (χ0v) is 8.53. The number of para-hydroxylation sites is 2. The first-order valence-corrected chi connectivity index (χ1v) is 4.45. The van der Waals surface area contributed by atoms with Crippen molar-refractivity contribution >= 4 is 11.8 Å². The van der Waals surface area contributed by atoms with Gasteiger partial charge in [-0.15, -0.1) is 0 Å². The molecule has 0 spiro atoms. The van der Waals surface area contributed by atoms with Gasteiger partial charge in [0, 0.05) is 0 Å². The molecule has 80 valence electrons. The number of hydrogen-bond acceptors (Lipinski definition) is 3. The van der Waals surface area contributed by atoms with Crippen molar-refractivity contribution in [1.29, 1.82) is 0 Å². The Balaban J connectivity index is 2.63. The van der Waals surface area contributed by atoms with Crippen molar-refractivity contribution < 1.29 is 14.3 Å². The summed E-state index contributed by atoms with van der Waals surface area (Å²) in [5.41, 5.74) is 0.578. The van der Waals surface area contributed by atoms with Crippen LogP contribution in [0, 0.1) is 0 Å². The molecule has 1 N–H and O–H groups in total. The van der Waals surface area contributed by atoms with Crippen LogP contribution in [0.4, 0.5) is 10.5 Å². The Morgan fingerprint density at radius 2 is 2.27 bits per heavy atom. The minimum Gasteiger partial charge on any atom is -0.495 e. The molecular weight excluding hydrogens is 194 g/mol. The highest BCUT2D eigenvalue weighted by Gasteiger charge is 2.06. The number of carbonyl (C=O) groups excluding carboxylic acids is 1. The van der Waals surface area contributed by atoms with Gasteiger partial charge in [-0.2, -0.15) is 0 Å². The van der Waals surface area contributed by atoms with Crippen molar-refractivity contribution in [2.75, 3.05) is 19.0 Å². The van der Waals surface area contributed by atoms with Gasteiger partial charge in [0.05, 0.1) is 12.8 Å². The van der Waals surface area contributed by atoms with E-state index in [1.54, 1.807) is 18.2 Å². The number of rotatable bonds is 4. The van der Waals surface area contributed by atoms with Gasteiger partial charge in [-0.05, 0) is 12.1 Å². The van der Waals surface area contributed by atoms with Crippen LogP contribution in [0.2, 0.25) is 0 Å². The summed E-state index contributed by atoms with van der Waals surface area (Å²) in [6.45, 7) is 3.63. The van der Waals surface area contributed by atoms with Gasteiger partial charge >= 0.3 is 6.09 Å². The van der Waals surface area contributed by atoms with E-state index in [0.29, 0.717) is 11.4 Å². The zero-order chi connectivity index (χ0) is 11.1. The summed E-state index contributed by atoms with van der Waals surface area (Å²) >= 11 is 0. The lowest BCUT2D eigenvalue weighted by molar-refractivity contribution is 0.174. The SMILES string of the molecule is C=CCOC(=O)Nc1ccccc1OC. The maximum Gasteiger partial charge on any atom is 0.412 e. The van der Waals surface area contributed by atoms with Crippen LogP contribution in [-0.2, 0) is 4.74 Å². The second-order valence-corrected chi connectivity index (χ2v) is 2.71. The van der Waals surface area contributed by atoms with Gasteiger partial charge in [0.2, 0.25) is 0 Å². The fourth-order valence-corrected chi connectivity index (χ4v) is 1.03. The highest BCUT2D eigenvalue weighted by atomic mass is 16.5. The van der Waals surface area contributed by atoms with Crippen LogP contribution in [0.5, 0.6) is 5.75 Å². The van der Waals surface area contributed by atoms with Crippen molar-refractivity contribution in [3.05, 3.63) is 36.9 Å². The summed E-state index contributed by atoms with van der Waals surface area (Å²) in [4.78, 5) is 11.2. The Hall–Kier alpha value is -1.97. The minimum atomic E-state index is -0.528. The Kier molecular flexibility index (Phi) is 4.22. The standard InChI is InChI=1S/C11H13NO3/c1-3-8-15-11(13)12-9-6-4-5-7-10(9)14-2/h3-7H,1,8H2,2H3,(H,12,13). The predicted molar refractivity (Wildman–Crippen MR) is 58.2 cm³/mol.